The van der Waals surface area contributed by atoms with Crippen LogP contribution in [-0.4, -0.2) is 8.07 Å². The fourth-order valence-corrected chi connectivity index (χ4v) is 4.03. The monoisotopic (exact) mass is 314 g/mol. The average Bonchev–Trinajstić information content (AvgIpc) is 3.01. The lowest BCUT2D eigenvalue weighted by Crippen LogP contribution is -2.38. The molecule has 1 aromatic heterocycles. The fraction of sp³-hybridized carbons (Fsp3) is 0.143. The van der Waals surface area contributed by atoms with E-state index in [2.05, 4.69) is 49.5 Å². The van der Waals surface area contributed by atoms with Crippen LogP contribution in [0.15, 0.2) is 53.3 Å². The molecule has 0 amide bonds. The number of benzene rings is 2. The average molecular weight is 314 g/mol. The van der Waals surface area contributed by atoms with Crippen molar-refractivity contribution in [2.45, 2.75) is 19.6 Å². The second kappa shape index (κ2) is 5.84. The second-order valence-electron chi connectivity index (χ2n) is 6.55. The lowest BCUT2D eigenvalue weighted by molar-refractivity contribution is 0.568. The highest BCUT2D eigenvalue weighted by Crippen LogP contribution is 2.22. The van der Waals surface area contributed by atoms with Gasteiger partial charge < -0.3 is 4.42 Å². The van der Waals surface area contributed by atoms with Crippen molar-refractivity contribution in [1.29, 1.82) is 0 Å². The number of rotatable bonds is 1. The van der Waals surface area contributed by atoms with Gasteiger partial charge in [-0.3, -0.25) is 0 Å². The molecule has 2 aromatic carbocycles. The maximum atomic E-state index is 5.65. The van der Waals surface area contributed by atoms with Crippen molar-refractivity contribution in [2.24, 2.45) is 0 Å². The van der Waals surface area contributed by atoms with Gasteiger partial charge in [0.05, 0.1) is 19.9 Å². The van der Waals surface area contributed by atoms with Crippen LogP contribution in [0.3, 0.4) is 0 Å². The minimum absolute atomic E-state index is 0.880. The Morgan fingerprint density at radius 3 is 2.17 bits per heavy atom. The highest BCUT2D eigenvalue weighted by Gasteiger charge is 2.21. The van der Waals surface area contributed by atoms with E-state index in [-0.39, 0.29) is 0 Å². The van der Waals surface area contributed by atoms with Gasteiger partial charge in [0.25, 0.3) is 0 Å². The summed E-state index contributed by atoms with van der Waals surface area (Å²) in [4.78, 5) is 0. The van der Waals surface area contributed by atoms with E-state index in [1.807, 2.05) is 30.5 Å². The van der Waals surface area contributed by atoms with Crippen LogP contribution >= 0.6 is 0 Å². The van der Waals surface area contributed by atoms with Gasteiger partial charge in [-0.1, -0.05) is 61.7 Å². The zero-order valence-corrected chi connectivity index (χ0v) is 14.6. The van der Waals surface area contributed by atoms with Crippen LogP contribution in [0, 0.1) is 24.2 Å². The van der Waals surface area contributed by atoms with Gasteiger partial charge in [0.15, 0.2) is 0 Å². The highest BCUT2D eigenvalue weighted by molar-refractivity contribution is 6.89. The molecule has 0 spiro atoms. The fourth-order valence-electron chi connectivity index (χ4n) is 2.67. The molecule has 3 rings (SSSR count). The molecule has 2 heteroatoms. The first-order chi connectivity index (χ1) is 11.0. The van der Waals surface area contributed by atoms with Crippen molar-refractivity contribution in [2.75, 3.05) is 0 Å². The number of hydrogen-bond acceptors (Lipinski definition) is 1. The van der Waals surface area contributed by atoms with Crippen molar-refractivity contribution >= 4 is 24.0 Å². The second-order valence-corrected chi connectivity index (χ2v) is 11.6. The van der Waals surface area contributed by atoms with Gasteiger partial charge in [0.1, 0.15) is 6.26 Å². The molecular formula is C21H18OSi. The Hall–Kier alpha value is -2.68. The van der Waals surface area contributed by atoms with Crippen LogP contribution in [0.4, 0.5) is 0 Å². The molecule has 0 N–H and O–H groups in total. The highest BCUT2D eigenvalue weighted by atomic mass is 28.3. The summed E-state index contributed by atoms with van der Waals surface area (Å²) in [5.41, 5.74) is 2.82. The molecule has 0 radical (unpaired) electrons. The third-order valence-corrected chi connectivity index (χ3v) is 5.87. The first-order valence-corrected chi connectivity index (χ1v) is 11.1. The van der Waals surface area contributed by atoms with Gasteiger partial charge in [0, 0.05) is 16.5 Å². The van der Waals surface area contributed by atoms with Gasteiger partial charge in [-0.25, -0.2) is 0 Å². The summed E-state index contributed by atoms with van der Waals surface area (Å²) >= 11 is 0. The van der Waals surface area contributed by atoms with E-state index in [1.54, 1.807) is 6.26 Å². The first-order valence-electron chi connectivity index (χ1n) is 7.58. The Morgan fingerprint density at radius 1 is 0.870 bits per heavy atom. The van der Waals surface area contributed by atoms with Crippen molar-refractivity contribution in [3.63, 3.8) is 0 Å². The molecule has 0 bridgehead atoms. The largest absolute Gasteiger partial charge is 0.471 e. The first kappa shape index (κ1) is 15.2. The maximum Gasteiger partial charge on any atom is 0.106 e. The van der Waals surface area contributed by atoms with E-state index in [9.17, 15) is 0 Å². The molecule has 1 heterocycles. The zero-order valence-electron chi connectivity index (χ0n) is 13.6. The molecule has 23 heavy (non-hydrogen) atoms. The molecular weight excluding hydrogens is 296 g/mol. The number of terminal acetylenes is 1. The van der Waals surface area contributed by atoms with Crippen molar-refractivity contribution in [3.05, 3.63) is 65.6 Å². The van der Waals surface area contributed by atoms with Crippen LogP contribution in [0.2, 0.25) is 19.6 Å². The summed E-state index contributed by atoms with van der Waals surface area (Å²) in [6.07, 6.45) is 9.23. The Balaban J connectivity index is 2.15. The Bertz CT molecular complexity index is 963. The number of furan rings is 1. The Morgan fingerprint density at radius 2 is 1.52 bits per heavy atom. The van der Waals surface area contributed by atoms with Gasteiger partial charge in [0.2, 0.25) is 0 Å². The summed E-state index contributed by atoms with van der Waals surface area (Å²) < 4.78 is 5.39. The van der Waals surface area contributed by atoms with E-state index in [0.29, 0.717) is 0 Å². The smallest absolute Gasteiger partial charge is 0.106 e. The molecule has 0 aliphatic heterocycles. The van der Waals surface area contributed by atoms with Crippen LogP contribution in [0.1, 0.15) is 16.7 Å². The third-order valence-electron chi connectivity index (χ3n) is 3.86. The van der Waals surface area contributed by atoms with Crippen LogP contribution in [0.25, 0.3) is 10.8 Å². The minimum atomic E-state index is -1.46. The van der Waals surface area contributed by atoms with Crippen molar-refractivity contribution < 1.29 is 4.42 Å². The number of hydrogen-bond donors (Lipinski definition) is 0. The summed E-state index contributed by atoms with van der Waals surface area (Å²) in [6.45, 7) is 6.87. The topological polar surface area (TPSA) is 13.1 Å². The molecule has 0 unspecified atom stereocenters. The molecule has 0 saturated carbocycles. The minimum Gasteiger partial charge on any atom is -0.471 e. The van der Waals surface area contributed by atoms with E-state index in [0.717, 1.165) is 27.5 Å². The van der Waals surface area contributed by atoms with Gasteiger partial charge in [-0.15, -0.1) is 6.42 Å². The van der Waals surface area contributed by atoms with E-state index >= 15 is 0 Å². The van der Waals surface area contributed by atoms with Gasteiger partial charge in [-0.05, 0) is 22.7 Å². The molecule has 0 atom stereocenters. The molecule has 0 fully saturated rings. The molecule has 1 nitrogen and oxygen atoms in total. The van der Waals surface area contributed by atoms with Crippen LogP contribution < -0.4 is 5.19 Å². The third kappa shape index (κ3) is 2.95. The predicted molar refractivity (Wildman–Crippen MR) is 99.6 cm³/mol. The summed E-state index contributed by atoms with van der Waals surface area (Å²) in [5.74, 6) is 9.34. The zero-order chi connectivity index (χ0) is 16.4. The van der Waals surface area contributed by atoms with Gasteiger partial charge >= 0.3 is 0 Å². The van der Waals surface area contributed by atoms with Gasteiger partial charge in [-0.2, -0.15) is 0 Å². The maximum absolute atomic E-state index is 5.65. The van der Waals surface area contributed by atoms with Crippen molar-refractivity contribution in [3.8, 4) is 24.2 Å². The quantitative estimate of drug-likeness (QED) is 0.480. The predicted octanol–water partition coefficient (Wildman–Crippen LogP) is 4.36. The SMILES string of the molecule is C#Cc1cccc2cccc(C#Cc3cocc3[Si](C)(C)C)c12. The normalized spacial score (nSPS) is 10.9. The summed E-state index contributed by atoms with van der Waals surface area (Å²) in [7, 11) is -1.46. The number of fused-ring (bicyclic) bond motifs is 1. The molecule has 3 aromatic rings. The molecule has 112 valence electrons. The van der Waals surface area contributed by atoms with E-state index < -0.39 is 8.07 Å². The molecule has 0 saturated heterocycles. The summed E-state index contributed by atoms with van der Waals surface area (Å²) in [6, 6.07) is 12.1. The van der Waals surface area contributed by atoms with Crippen LogP contribution in [0.5, 0.6) is 0 Å². The molecule has 0 aliphatic carbocycles. The van der Waals surface area contributed by atoms with Crippen LogP contribution in [-0.2, 0) is 0 Å². The van der Waals surface area contributed by atoms with E-state index in [4.69, 9.17) is 10.8 Å². The summed E-state index contributed by atoms with van der Waals surface area (Å²) in [5, 5.41) is 3.41. The van der Waals surface area contributed by atoms with Crippen molar-refractivity contribution in [1.82, 2.24) is 0 Å². The Labute approximate surface area is 138 Å². The molecule has 0 aliphatic rings. The Kier molecular flexibility index (Phi) is 3.86. The lowest BCUT2D eigenvalue weighted by Gasteiger charge is -2.13. The lowest BCUT2D eigenvalue weighted by atomic mass is 9.99. The standard InChI is InChI=1S/C21H18OSi/c1-5-16-8-6-9-17-10-7-11-18(21(16)17)12-13-19-14-22-15-20(19)23(2,3)4/h1,6-11,14-15H,2-4H3. The van der Waals surface area contributed by atoms with E-state index in [1.165, 1.54) is 5.19 Å².